The second-order valence-corrected chi connectivity index (χ2v) is 6.17. The lowest BCUT2D eigenvalue weighted by molar-refractivity contribution is 0.213. The number of sulfonamides is 1. The van der Waals surface area contributed by atoms with E-state index in [9.17, 15) is 8.42 Å². The van der Waals surface area contributed by atoms with Crippen molar-refractivity contribution in [2.24, 2.45) is 13.0 Å². The summed E-state index contributed by atoms with van der Waals surface area (Å²) in [5, 5.41) is 13.0. The summed E-state index contributed by atoms with van der Waals surface area (Å²) in [6.45, 7) is 0.0280. The summed E-state index contributed by atoms with van der Waals surface area (Å²) in [6.07, 6.45) is 5.39. The second-order valence-electron chi connectivity index (χ2n) is 4.45. The van der Waals surface area contributed by atoms with Crippen molar-refractivity contribution in [1.82, 2.24) is 14.5 Å². The first kappa shape index (κ1) is 12.5. The van der Waals surface area contributed by atoms with Crippen LogP contribution in [0.1, 0.15) is 19.3 Å². The van der Waals surface area contributed by atoms with Gasteiger partial charge in [-0.25, -0.2) is 13.1 Å². The Morgan fingerprint density at radius 2 is 2.35 bits per heavy atom. The van der Waals surface area contributed by atoms with Crippen molar-refractivity contribution in [3.05, 3.63) is 12.4 Å². The third kappa shape index (κ3) is 2.67. The Hall–Kier alpha value is -0.920. The van der Waals surface area contributed by atoms with E-state index in [0.717, 1.165) is 19.3 Å². The molecule has 1 aliphatic rings. The first-order chi connectivity index (χ1) is 8.03. The van der Waals surface area contributed by atoms with Gasteiger partial charge < -0.3 is 5.11 Å². The monoisotopic (exact) mass is 259 g/mol. The SMILES string of the molecule is Cn1cc(S(=O)(=O)NC2CCCC2CO)cn1. The Kier molecular flexibility index (Phi) is 3.50. The summed E-state index contributed by atoms with van der Waals surface area (Å²) >= 11 is 0. The summed E-state index contributed by atoms with van der Waals surface area (Å²) in [5.41, 5.74) is 0. The van der Waals surface area contributed by atoms with E-state index in [2.05, 4.69) is 9.82 Å². The molecule has 0 spiro atoms. The molecule has 7 heteroatoms. The summed E-state index contributed by atoms with van der Waals surface area (Å²) in [7, 11) is -1.84. The highest BCUT2D eigenvalue weighted by Gasteiger charge is 2.31. The van der Waals surface area contributed by atoms with E-state index >= 15 is 0 Å². The maximum Gasteiger partial charge on any atom is 0.243 e. The number of hydrogen-bond donors (Lipinski definition) is 2. The molecule has 1 aromatic heterocycles. The molecule has 17 heavy (non-hydrogen) atoms. The van der Waals surface area contributed by atoms with Gasteiger partial charge in [0.25, 0.3) is 0 Å². The van der Waals surface area contributed by atoms with Crippen LogP contribution in [0.25, 0.3) is 0 Å². The standard InChI is InChI=1S/C10H17N3O3S/c1-13-6-9(5-11-13)17(15,16)12-10-4-2-3-8(10)7-14/h5-6,8,10,12,14H,2-4,7H2,1H3. The highest BCUT2D eigenvalue weighted by molar-refractivity contribution is 7.89. The van der Waals surface area contributed by atoms with E-state index in [4.69, 9.17) is 5.11 Å². The van der Waals surface area contributed by atoms with Gasteiger partial charge in [0.05, 0.1) is 6.20 Å². The van der Waals surface area contributed by atoms with Crippen LogP contribution in [0, 0.1) is 5.92 Å². The van der Waals surface area contributed by atoms with Crippen LogP contribution >= 0.6 is 0 Å². The molecule has 1 fully saturated rings. The van der Waals surface area contributed by atoms with Crippen molar-refractivity contribution in [2.45, 2.75) is 30.2 Å². The van der Waals surface area contributed by atoms with Gasteiger partial charge in [0, 0.05) is 25.9 Å². The van der Waals surface area contributed by atoms with Crippen LogP contribution in [0.5, 0.6) is 0 Å². The van der Waals surface area contributed by atoms with Crippen LogP contribution in [0.3, 0.4) is 0 Å². The highest BCUT2D eigenvalue weighted by atomic mass is 32.2. The van der Waals surface area contributed by atoms with Gasteiger partial charge in [-0.1, -0.05) is 6.42 Å². The van der Waals surface area contributed by atoms with Crippen LogP contribution in [-0.4, -0.2) is 36.0 Å². The molecule has 6 nitrogen and oxygen atoms in total. The molecule has 1 heterocycles. The van der Waals surface area contributed by atoms with Crippen LogP contribution < -0.4 is 4.72 Å². The van der Waals surface area contributed by atoms with Gasteiger partial charge in [0.1, 0.15) is 4.90 Å². The molecule has 0 radical (unpaired) electrons. The van der Waals surface area contributed by atoms with Gasteiger partial charge in [-0.15, -0.1) is 0 Å². The van der Waals surface area contributed by atoms with E-state index in [1.165, 1.54) is 17.1 Å². The van der Waals surface area contributed by atoms with Gasteiger partial charge in [-0.2, -0.15) is 5.10 Å². The van der Waals surface area contributed by atoms with Crippen LogP contribution in [0.15, 0.2) is 17.3 Å². The van der Waals surface area contributed by atoms with Crippen molar-refractivity contribution in [1.29, 1.82) is 0 Å². The van der Waals surface area contributed by atoms with E-state index in [1.807, 2.05) is 0 Å². The molecule has 1 saturated carbocycles. The zero-order chi connectivity index (χ0) is 12.5. The minimum Gasteiger partial charge on any atom is -0.396 e. The number of aromatic nitrogens is 2. The molecule has 0 saturated heterocycles. The number of aliphatic hydroxyl groups excluding tert-OH is 1. The molecule has 0 bridgehead atoms. The maximum absolute atomic E-state index is 12.0. The smallest absolute Gasteiger partial charge is 0.243 e. The zero-order valence-electron chi connectivity index (χ0n) is 9.70. The molecular weight excluding hydrogens is 242 g/mol. The minimum atomic E-state index is -3.51. The van der Waals surface area contributed by atoms with Gasteiger partial charge in [-0.3, -0.25) is 4.68 Å². The third-order valence-corrected chi connectivity index (χ3v) is 4.64. The number of nitrogens with zero attached hydrogens (tertiary/aromatic N) is 2. The normalized spacial score (nSPS) is 25.3. The molecule has 2 unspecified atom stereocenters. The average Bonchev–Trinajstić information content (AvgIpc) is 2.86. The third-order valence-electron chi connectivity index (χ3n) is 3.19. The number of rotatable bonds is 4. The molecule has 96 valence electrons. The van der Waals surface area contributed by atoms with Crippen molar-refractivity contribution in [3.63, 3.8) is 0 Å². The lowest BCUT2D eigenvalue weighted by atomic mass is 10.1. The molecule has 2 atom stereocenters. The Morgan fingerprint density at radius 3 is 2.94 bits per heavy atom. The van der Waals surface area contributed by atoms with Crippen LogP contribution in [0.4, 0.5) is 0 Å². The summed E-state index contributed by atoms with van der Waals surface area (Å²) in [4.78, 5) is 0.170. The average molecular weight is 259 g/mol. The first-order valence-electron chi connectivity index (χ1n) is 5.65. The largest absolute Gasteiger partial charge is 0.396 e. The van der Waals surface area contributed by atoms with Gasteiger partial charge in [0.2, 0.25) is 10.0 Å². The quantitative estimate of drug-likeness (QED) is 0.788. The molecule has 0 aromatic carbocycles. The second kappa shape index (κ2) is 4.75. The topological polar surface area (TPSA) is 84.2 Å². The predicted octanol–water partition coefficient (Wildman–Crippen LogP) is -0.141. The van der Waals surface area contributed by atoms with Crippen LogP contribution in [-0.2, 0) is 17.1 Å². The molecule has 0 amide bonds. The summed E-state index contributed by atoms with van der Waals surface area (Å²) < 4.78 is 28.1. The van der Waals surface area contributed by atoms with Crippen molar-refractivity contribution >= 4 is 10.0 Å². The molecular formula is C10H17N3O3S. The number of hydrogen-bond acceptors (Lipinski definition) is 4. The summed E-state index contributed by atoms with van der Waals surface area (Å²) in [6, 6.07) is -0.162. The number of aliphatic hydroxyl groups is 1. The Morgan fingerprint density at radius 1 is 1.59 bits per heavy atom. The van der Waals surface area contributed by atoms with E-state index < -0.39 is 10.0 Å². The maximum atomic E-state index is 12.0. The van der Waals surface area contributed by atoms with Gasteiger partial charge in [-0.05, 0) is 18.8 Å². The molecule has 2 rings (SSSR count). The van der Waals surface area contributed by atoms with Crippen molar-refractivity contribution in [3.8, 4) is 0 Å². The lowest BCUT2D eigenvalue weighted by Gasteiger charge is -2.18. The molecule has 1 aliphatic carbocycles. The fraction of sp³-hybridized carbons (Fsp3) is 0.700. The van der Waals surface area contributed by atoms with Crippen molar-refractivity contribution < 1.29 is 13.5 Å². The molecule has 2 N–H and O–H groups in total. The van der Waals surface area contributed by atoms with E-state index in [0.29, 0.717) is 0 Å². The molecule has 1 aromatic rings. The Balaban J connectivity index is 2.12. The fourth-order valence-electron chi connectivity index (χ4n) is 2.22. The summed E-state index contributed by atoms with van der Waals surface area (Å²) in [5.74, 6) is 0.0291. The van der Waals surface area contributed by atoms with Gasteiger partial charge in [0.15, 0.2) is 0 Å². The first-order valence-corrected chi connectivity index (χ1v) is 7.13. The van der Waals surface area contributed by atoms with Gasteiger partial charge >= 0.3 is 0 Å². The predicted molar refractivity (Wildman–Crippen MR) is 61.7 cm³/mol. The lowest BCUT2D eigenvalue weighted by Crippen LogP contribution is -2.38. The van der Waals surface area contributed by atoms with E-state index in [1.54, 1.807) is 7.05 Å². The van der Waals surface area contributed by atoms with Crippen molar-refractivity contribution in [2.75, 3.05) is 6.61 Å². The number of aryl methyl sites for hydroxylation is 1. The Bertz CT molecular complexity index is 483. The fourth-order valence-corrected chi connectivity index (χ4v) is 3.54. The Labute approximate surface area is 101 Å². The number of nitrogens with one attached hydrogen (secondary N) is 1. The molecule has 0 aliphatic heterocycles. The minimum absolute atomic E-state index is 0.0280. The van der Waals surface area contributed by atoms with Crippen LogP contribution in [0.2, 0.25) is 0 Å². The highest BCUT2D eigenvalue weighted by Crippen LogP contribution is 2.26. The van der Waals surface area contributed by atoms with E-state index in [-0.39, 0.29) is 23.5 Å². The zero-order valence-corrected chi connectivity index (χ0v) is 10.5.